The van der Waals surface area contributed by atoms with E-state index in [9.17, 15) is 9.18 Å². The predicted octanol–water partition coefficient (Wildman–Crippen LogP) is 3.78. The number of hydrogen-bond acceptors (Lipinski definition) is 10. The number of hydrogen-bond donors (Lipinski definition) is 2. The lowest BCUT2D eigenvalue weighted by Crippen LogP contribution is -2.22. The lowest BCUT2D eigenvalue weighted by molar-refractivity contribution is 0.0947. The van der Waals surface area contributed by atoms with E-state index in [1.54, 1.807) is 60.7 Å². The summed E-state index contributed by atoms with van der Waals surface area (Å²) >= 11 is 0. The molecule has 1 amide bonds. The molecule has 40 heavy (non-hydrogen) atoms. The van der Waals surface area contributed by atoms with E-state index >= 15 is 0 Å². The minimum absolute atomic E-state index is 0.0103. The fourth-order valence-electron chi connectivity index (χ4n) is 3.74. The van der Waals surface area contributed by atoms with Crippen molar-refractivity contribution in [3.63, 3.8) is 0 Å². The summed E-state index contributed by atoms with van der Waals surface area (Å²) < 4.78 is 31.2. The molecule has 0 saturated carbocycles. The molecule has 0 spiro atoms. The summed E-state index contributed by atoms with van der Waals surface area (Å²) in [6.07, 6.45) is 1.43. The summed E-state index contributed by atoms with van der Waals surface area (Å²) in [4.78, 5) is 13.3. The number of amides is 1. The van der Waals surface area contributed by atoms with Gasteiger partial charge in [0.05, 0.1) is 12.8 Å². The van der Waals surface area contributed by atoms with Gasteiger partial charge in [-0.15, -0.1) is 5.10 Å². The van der Waals surface area contributed by atoms with Crippen molar-refractivity contribution in [2.45, 2.75) is 13.5 Å². The van der Waals surface area contributed by atoms with Gasteiger partial charge in [0, 0.05) is 11.1 Å². The number of carbonyl (C=O) groups excluding carboxylic acids is 1. The lowest BCUT2D eigenvalue weighted by atomic mass is 10.1. The maximum absolute atomic E-state index is 14.0. The first-order valence-corrected chi connectivity index (χ1v) is 12.1. The molecular weight excluding hydrogens is 519 g/mol. The highest BCUT2D eigenvalue weighted by Crippen LogP contribution is 2.29. The van der Waals surface area contributed by atoms with Crippen molar-refractivity contribution in [1.82, 2.24) is 30.7 Å². The molecule has 0 aliphatic heterocycles. The van der Waals surface area contributed by atoms with E-state index in [1.807, 2.05) is 13.0 Å². The number of aromatic nitrogens is 5. The molecule has 13 heteroatoms. The minimum Gasteiger partial charge on any atom is -0.490 e. The molecule has 3 N–H and O–H groups in total. The Kier molecular flexibility index (Phi) is 7.72. The van der Waals surface area contributed by atoms with Gasteiger partial charge >= 0.3 is 0 Å². The third-order valence-corrected chi connectivity index (χ3v) is 5.62. The number of nitrogens with zero attached hydrogens (tertiary/aromatic N) is 6. The molecule has 202 valence electrons. The Morgan fingerprint density at radius 2 is 1.88 bits per heavy atom. The van der Waals surface area contributed by atoms with Crippen LogP contribution in [0.5, 0.6) is 11.5 Å². The first-order chi connectivity index (χ1) is 19.5. The van der Waals surface area contributed by atoms with E-state index in [4.69, 9.17) is 15.2 Å². The summed E-state index contributed by atoms with van der Waals surface area (Å²) in [5.74, 6) is -0.157. The second kappa shape index (κ2) is 11.9. The van der Waals surface area contributed by atoms with E-state index in [0.29, 0.717) is 34.8 Å². The Bertz CT molecular complexity index is 1650. The Morgan fingerprint density at radius 3 is 2.62 bits per heavy atom. The van der Waals surface area contributed by atoms with Crippen LogP contribution in [0.15, 0.2) is 82.5 Å². The molecular formula is C27H23FN8O4. The summed E-state index contributed by atoms with van der Waals surface area (Å²) in [5, 5.41) is 19.5. The molecule has 0 radical (unpaired) electrons. The number of carbonyl (C=O) groups is 1. The number of nitrogens with one attached hydrogen (secondary N) is 1. The van der Waals surface area contributed by atoms with Gasteiger partial charge in [-0.3, -0.25) is 4.79 Å². The van der Waals surface area contributed by atoms with Crippen LogP contribution in [0.3, 0.4) is 0 Å². The van der Waals surface area contributed by atoms with E-state index in [0.717, 1.165) is 4.68 Å². The summed E-state index contributed by atoms with van der Waals surface area (Å²) in [6.45, 7) is 2.25. The highest BCUT2D eigenvalue weighted by molar-refractivity contribution is 5.99. The van der Waals surface area contributed by atoms with Crippen LogP contribution in [0, 0.1) is 5.82 Å². The molecule has 12 nitrogen and oxygen atoms in total. The first-order valence-electron chi connectivity index (χ1n) is 12.1. The first kappa shape index (κ1) is 26.0. The maximum Gasteiger partial charge on any atom is 0.292 e. The molecule has 0 atom stereocenters. The molecule has 0 bridgehead atoms. The van der Waals surface area contributed by atoms with Crippen molar-refractivity contribution in [2.24, 2.45) is 5.10 Å². The Morgan fingerprint density at radius 1 is 1.07 bits per heavy atom. The number of rotatable bonds is 10. The second-order valence-corrected chi connectivity index (χ2v) is 8.26. The van der Waals surface area contributed by atoms with Gasteiger partial charge in [-0.2, -0.15) is 9.78 Å². The van der Waals surface area contributed by atoms with Crippen LogP contribution in [-0.2, 0) is 6.61 Å². The van der Waals surface area contributed by atoms with Gasteiger partial charge in [-0.25, -0.2) is 14.4 Å². The number of anilines is 1. The summed E-state index contributed by atoms with van der Waals surface area (Å²) in [5.41, 5.74) is 10.3. The van der Waals surface area contributed by atoms with Crippen molar-refractivity contribution in [1.29, 1.82) is 0 Å². The highest BCUT2D eigenvalue weighted by Gasteiger charge is 2.25. The molecule has 0 fully saturated rings. The predicted molar refractivity (Wildman–Crippen MR) is 142 cm³/mol. The van der Waals surface area contributed by atoms with Crippen LogP contribution >= 0.6 is 0 Å². The van der Waals surface area contributed by atoms with Crippen molar-refractivity contribution < 1.29 is 23.3 Å². The van der Waals surface area contributed by atoms with Crippen LogP contribution in [0.25, 0.3) is 17.1 Å². The SMILES string of the molecule is CCOc1cc(/C=N/NC(=O)c2c(-c3ccccc3)nnn2-c2nonc2N)ccc1OCc1ccccc1F. The zero-order chi connectivity index (χ0) is 27.9. The normalized spacial score (nSPS) is 11.1. The number of ether oxygens (including phenoxy) is 2. The van der Waals surface area contributed by atoms with Gasteiger partial charge in [0.15, 0.2) is 17.2 Å². The van der Waals surface area contributed by atoms with Crippen molar-refractivity contribution in [2.75, 3.05) is 12.3 Å². The molecule has 2 aromatic heterocycles. The quantitative estimate of drug-likeness (QED) is 0.198. The monoisotopic (exact) mass is 542 g/mol. The average molecular weight is 543 g/mol. The number of hydrazone groups is 1. The van der Waals surface area contributed by atoms with Gasteiger partial charge in [-0.05, 0) is 47.1 Å². The molecule has 5 rings (SSSR count). The van der Waals surface area contributed by atoms with E-state index < -0.39 is 5.91 Å². The zero-order valence-electron chi connectivity index (χ0n) is 21.2. The van der Waals surface area contributed by atoms with Crippen molar-refractivity contribution in [3.8, 4) is 28.6 Å². The van der Waals surface area contributed by atoms with Crippen molar-refractivity contribution >= 4 is 17.9 Å². The average Bonchev–Trinajstić information content (AvgIpc) is 3.60. The fraction of sp³-hybridized carbons (Fsp3) is 0.111. The van der Waals surface area contributed by atoms with Gasteiger partial charge in [0.25, 0.3) is 5.91 Å². The van der Waals surface area contributed by atoms with Crippen molar-refractivity contribution in [3.05, 3.63) is 95.4 Å². The third kappa shape index (κ3) is 5.62. The number of halogens is 1. The smallest absolute Gasteiger partial charge is 0.292 e. The Labute approximate surface area is 227 Å². The summed E-state index contributed by atoms with van der Waals surface area (Å²) in [6, 6.07) is 20.5. The van der Waals surface area contributed by atoms with Crippen LogP contribution in [-0.4, -0.2) is 44.0 Å². The fourth-order valence-corrected chi connectivity index (χ4v) is 3.74. The topological polar surface area (TPSA) is 156 Å². The number of nitrogens with two attached hydrogens (primary N) is 1. The number of nitrogen functional groups attached to an aromatic ring is 1. The van der Waals surface area contributed by atoms with Crippen LogP contribution in [0.1, 0.15) is 28.5 Å². The molecule has 3 aromatic carbocycles. The van der Waals surface area contributed by atoms with Gasteiger partial charge < -0.3 is 15.2 Å². The summed E-state index contributed by atoms with van der Waals surface area (Å²) in [7, 11) is 0. The molecule has 5 aromatic rings. The second-order valence-electron chi connectivity index (χ2n) is 8.26. The van der Waals surface area contributed by atoms with Gasteiger partial charge in [0.2, 0.25) is 11.6 Å². The maximum atomic E-state index is 14.0. The van der Waals surface area contributed by atoms with Gasteiger partial charge in [-0.1, -0.05) is 53.7 Å². The van der Waals surface area contributed by atoms with Crippen LogP contribution in [0.4, 0.5) is 10.2 Å². The zero-order valence-corrected chi connectivity index (χ0v) is 21.2. The Balaban J connectivity index is 1.36. The highest BCUT2D eigenvalue weighted by atomic mass is 19.1. The van der Waals surface area contributed by atoms with E-state index in [-0.39, 0.29) is 35.4 Å². The molecule has 0 saturated heterocycles. The molecule has 0 aliphatic rings. The van der Waals surface area contributed by atoms with Crippen LogP contribution in [0.2, 0.25) is 0 Å². The van der Waals surface area contributed by atoms with Gasteiger partial charge in [0.1, 0.15) is 18.1 Å². The lowest BCUT2D eigenvalue weighted by Gasteiger charge is -2.13. The molecule has 0 unspecified atom stereocenters. The standard InChI is InChI=1S/C27H23FN8O4/c1-2-38-22-14-17(12-13-21(22)39-16-19-10-6-7-11-20(19)28)15-30-32-27(37)24-23(18-8-4-3-5-9-18)31-35-36(24)26-25(29)33-40-34-26/h3-15H,2,16H2,1H3,(H2,29,33)(H,32,37)/b30-15+. The largest absolute Gasteiger partial charge is 0.490 e. The van der Waals surface area contributed by atoms with Crippen LogP contribution < -0.4 is 20.6 Å². The number of benzene rings is 3. The molecule has 0 aliphatic carbocycles. The van der Waals surface area contributed by atoms with E-state index in [1.165, 1.54) is 12.3 Å². The molecule has 2 heterocycles. The minimum atomic E-state index is -0.627. The Hall–Kier alpha value is -5.59. The van der Waals surface area contributed by atoms with E-state index in [2.05, 4.69) is 35.8 Å². The third-order valence-electron chi connectivity index (χ3n) is 5.62.